The maximum Gasteiger partial charge on any atom is 0.282 e. The first-order valence-corrected chi connectivity index (χ1v) is 6.54. The van der Waals surface area contributed by atoms with Crippen LogP contribution >= 0.6 is 11.6 Å². The Labute approximate surface area is 109 Å². The van der Waals surface area contributed by atoms with Crippen LogP contribution in [0, 0.1) is 0 Å². The summed E-state index contributed by atoms with van der Waals surface area (Å²) in [6, 6.07) is 0.0335. The highest BCUT2D eigenvalue weighted by molar-refractivity contribution is 6.32. The van der Waals surface area contributed by atoms with E-state index >= 15 is 0 Å². The highest BCUT2D eigenvalue weighted by Crippen LogP contribution is 2.33. The van der Waals surface area contributed by atoms with Crippen LogP contribution in [0.25, 0.3) is 0 Å². The Bertz CT molecular complexity index is 426. The highest BCUT2D eigenvalue weighted by atomic mass is 35.5. The van der Waals surface area contributed by atoms with Crippen LogP contribution in [0.4, 0.5) is 8.78 Å². The number of nitrogens with zero attached hydrogens (tertiary/aromatic N) is 2. The third-order valence-electron chi connectivity index (χ3n) is 3.41. The minimum absolute atomic E-state index is 0.0335. The van der Waals surface area contributed by atoms with E-state index in [9.17, 15) is 13.6 Å². The molecule has 1 aromatic heterocycles. The lowest BCUT2D eigenvalue weighted by atomic mass is 10.1. The molecule has 0 saturated heterocycles. The second kappa shape index (κ2) is 5.78. The normalized spacial score (nSPS) is 18.0. The van der Waals surface area contributed by atoms with Gasteiger partial charge in [-0.05, 0) is 12.8 Å². The molecule has 0 spiro atoms. The van der Waals surface area contributed by atoms with E-state index < -0.39 is 12.1 Å². The molecular formula is C12H15ClF2N2O. The molecule has 0 unspecified atom stereocenters. The first-order chi connectivity index (χ1) is 8.65. The first-order valence-electron chi connectivity index (χ1n) is 6.16. The van der Waals surface area contributed by atoms with Gasteiger partial charge in [0.15, 0.2) is 6.29 Å². The van der Waals surface area contributed by atoms with Gasteiger partial charge in [-0.3, -0.25) is 4.79 Å². The topological polar surface area (TPSA) is 34.9 Å². The molecule has 0 N–H and O–H groups in total. The van der Waals surface area contributed by atoms with Gasteiger partial charge in [0.05, 0.1) is 11.6 Å². The largest absolute Gasteiger partial charge is 0.298 e. The van der Waals surface area contributed by atoms with Gasteiger partial charge in [0.1, 0.15) is 10.8 Å². The number of aldehydes is 1. The van der Waals surface area contributed by atoms with Crippen LogP contribution in [-0.2, 0) is 0 Å². The van der Waals surface area contributed by atoms with Gasteiger partial charge in [0.2, 0.25) is 0 Å². The summed E-state index contributed by atoms with van der Waals surface area (Å²) in [6.07, 6.45) is 3.74. The molecule has 100 valence electrons. The summed E-state index contributed by atoms with van der Waals surface area (Å²) in [7, 11) is 0. The number of rotatable bonds is 3. The molecule has 1 aliphatic carbocycles. The Morgan fingerprint density at radius 2 is 1.89 bits per heavy atom. The molecule has 0 radical (unpaired) electrons. The fraction of sp³-hybridized carbons (Fsp3) is 0.667. The van der Waals surface area contributed by atoms with Gasteiger partial charge in [-0.2, -0.15) is 5.10 Å². The third kappa shape index (κ3) is 2.55. The van der Waals surface area contributed by atoms with Gasteiger partial charge in [0, 0.05) is 0 Å². The molecule has 1 aliphatic rings. The Morgan fingerprint density at radius 3 is 2.33 bits per heavy atom. The molecule has 1 aromatic rings. The van der Waals surface area contributed by atoms with Crippen molar-refractivity contribution in [3.05, 3.63) is 16.4 Å². The Morgan fingerprint density at radius 1 is 1.28 bits per heavy atom. The van der Waals surface area contributed by atoms with Crippen molar-refractivity contribution in [2.75, 3.05) is 0 Å². The van der Waals surface area contributed by atoms with Crippen LogP contribution in [0.3, 0.4) is 0 Å². The summed E-state index contributed by atoms with van der Waals surface area (Å²) in [5.74, 6) is 0. The van der Waals surface area contributed by atoms with Crippen LogP contribution in [0.1, 0.15) is 67.0 Å². The number of halogens is 3. The van der Waals surface area contributed by atoms with Crippen molar-refractivity contribution in [3.63, 3.8) is 0 Å². The van der Waals surface area contributed by atoms with E-state index in [2.05, 4.69) is 5.10 Å². The molecule has 0 amide bonds. The second-order valence-corrected chi connectivity index (χ2v) is 4.96. The zero-order valence-corrected chi connectivity index (χ0v) is 10.7. The number of carbonyl (C=O) groups is 1. The van der Waals surface area contributed by atoms with Crippen molar-refractivity contribution in [2.24, 2.45) is 0 Å². The van der Waals surface area contributed by atoms with E-state index in [1.54, 1.807) is 0 Å². The van der Waals surface area contributed by atoms with Crippen molar-refractivity contribution in [1.29, 1.82) is 0 Å². The molecule has 0 bridgehead atoms. The molecule has 0 aliphatic heterocycles. The summed E-state index contributed by atoms with van der Waals surface area (Å²) >= 11 is 6.00. The third-order valence-corrected chi connectivity index (χ3v) is 3.79. The SMILES string of the molecule is O=Cc1c(C(F)F)nn(C2CCCCCC2)c1Cl. The average molecular weight is 277 g/mol. The summed E-state index contributed by atoms with van der Waals surface area (Å²) in [5, 5.41) is 3.90. The van der Waals surface area contributed by atoms with Crippen LogP contribution in [0.5, 0.6) is 0 Å². The summed E-state index contributed by atoms with van der Waals surface area (Å²) in [5.41, 5.74) is -0.671. The van der Waals surface area contributed by atoms with Gasteiger partial charge in [0.25, 0.3) is 6.43 Å². The number of carbonyl (C=O) groups excluding carboxylic acids is 1. The predicted molar refractivity (Wildman–Crippen MR) is 64.3 cm³/mol. The molecule has 6 heteroatoms. The smallest absolute Gasteiger partial charge is 0.282 e. The summed E-state index contributed by atoms with van der Waals surface area (Å²) in [6.45, 7) is 0. The van der Waals surface area contributed by atoms with Gasteiger partial charge >= 0.3 is 0 Å². The molecule has 0 atom stereocenters. The van der Waals surface area contributed by atoms with E-state index in [0.29, 0.717) is 6.29 Å². The van der Waals surface area contributed by atoms with Gasteiger partial charge in [-0.25, -0.2) is 13.5 Å². The average Bonchev–Trinajstić information content (AvgIpc) is 2.55. The second-order valence-electron chi connectivity index (χ2n) is 4.60. The van der Waals surface area contributed by atoms with E-state index in [1.165, 1.54) is 4.68 Å². The molecular weight excluding hydrogens is 262 g/mol. The highest BCUT2D eigenvalue weighted by Gasteiger charge is 2.26. The fourth-order valence-corrected chi connectivity index (χ4v) is 2.77. The maximum absolute atomic E-state index is 12.8. The van der Waals surface area contributed by atoms with Crippen LogP contribution < -0.4 is 0 Å². The minimum Gasteiger partial charge on any atom is -0.298 e. The van der Waals surface area contributed by atoms with Crippen molar-refractivity contribution in [1.82, 2.24) is 9.78 Å². The molecule has 1 fully saturated rings. The zero-order chi connectivity index (χ0) is 13.1. The number of alkyl halides is 2. The maximum atomic E-state index is 12.8. The quantitative estimate of drug-likeness (QED) is 0.613. The van der Waals surface area contributed by atoms with Crippen molar-refractivity contribution >= 4 is 17.9 Å². The molecule has 1 heterocycles. The Hall–Kier alpha value is -0.970. The lowest BCUT2D eigenvalue weighted by molar-refractivity contribution is 0.110. The summed E-state index contributed by atoms with van der Waals surface area (Å²) < 4.78 is 26.9. The Balaban J connectivity index is 2.34. The van der Waals surface area contributed by atoms with Gasteiger partial charge < -0.3 is 0 Å². The lowest BCUT2D eigenvalue weighted by Gasteiger charge is -2.15. The van der Waals surface area contributed by atoms with Crippen LogP contribution in [0.2, 0.25) is 5.15 Å². The van der Waals surface area contributed by atoms with E-state index in [-0.39, 0.29) is 16.8 Å². The molecule has 3 nitrogen and oxygen atoms in total. The van der Waals surface area contributed by atoms with E-state index in [1.807, 2.05) is 0 Å². The van der Waals surface area contributed by atoms with Crippen LogP contribution in [0.15, 0.2) is 0 Å². The monoisotopic (exact) mass is 276 g/mol. The number of aromatic nitrogens is 2. The predicted octanol–water partition coefficient (Wildman–Crippen LogP) is 4.18. The number of hydrogen-bond donors (Lipinski definition) is 0. The van der Waals surface area contributed by atoms with Crippen LogP contribution in [-0.4, -0.2) is 16.1 Å². The van der Waals surface area contributed by atoms with E-state index in [0.717, 1.165) is 38.5 Å². The Kier molecular flexibility index (Phi) is 4.32. The molecule has 2 rings (SSSR count). The summed E-state index contributed by atoms with van der Waals surface area (Å²) in [4.78, 5) is 10.8. The van der Waals surface area contributed by atoms with Gasteiger partial charge in [-0.1, -0.05) is 37.3 Å². The number of hydrogen-bond acceptors (Lipinski definition) is 2. The van der Waals surface area contributed by atoms with E-state index in [4.69, 9.17) is 11.6 Å². The molecule has 1 saturated carbocycles. The standard InChI is InChI=1S/C12H15ClF2N2O/c13-11-9(7-18)10(12(14)15)16-17(11)8-5-3-1-2-4-6-8/h7-8,12H,1-6H2. The zero-order valence-electron chi connectivity index (χ0n) is 9.91. The van der Waals surface area contributed by atoms with Crippen molar-refractivity contribution in [3.8, 4) is 0 Å². The molecule has 0 aromatic carbocycles. The molecule has 18 heavy (non-hydrogen) atoms. The van der Waals surface area contributed by atoms with Gasteiger partial charge in [-0.15, -0.1) is 0 Å². The first kappa shape index (κ1) is 13.5. The fourth-order valence-electron chi connectivity index (χ4n) is 2.46. The van der Waals surface area contributed by atoms with Crippen molar-refractivity contribution in [2.45, 2.75) is 51.0 Å². The lowest BCUT2D eigenvalue weighted by Crippen LogP contribution is -2.10. The van der Waals surface area contributed by atoms with Crippen molar-refractivity contribution < 1.29 is 13.6 Å². The minimum atomic E-state index is -2.77.